The third kappa shape index (κ3) is 2.36. The normalized spacial score (nSPS) is 19.8. The van der Waals surface area contributed by atoms with Crippen LogP contribution in [0.5, 0.6) is 0 Å². The van der Waals surface area contributed by atoms with Crippen molar-refractivity contribution < 1.29 is 9.31 Å². The Balaban J connectivity index is 2.14. The standard InChI is InChI=1S/C11H17BN2O2/c1-8-4-5-9(10(13)14-8)12-15-6-11(2,3)7-16-12/h4-5H,6-7H2,1-3H3,(H2,13,14). The lowest BCUT2D eigenvalue weighted by Crippen LogP contribution is -2.48. The van der Waals surface area contributed by atoms with Crippen LogP contribution in [0.3, 0.4) is 0 Å². The Morgan fingerprint density at radius 2 is 1.94 bits per heavy atom. The predicted octanol–water partition coefficient (Wildman–Crippen LogP) is 0.740. The van der Waals surface area contributed by atoms with E-state index in [1.165, 1.54) is 0 Å². The molecule has 0 unspecified atom stereocenters. The second-order valence-corrected chi connectivity index (χ2v) is 5.05. The summed E-state index contributed by atoms with van der Waals surface area (Å²) in [5.41, 5.74) is 7.64. The Morgan fingerprint density at radius 3 is 2.50 bits per heavy atom. The summed E-state index contributed by atoms with van der Waals surface area (Å²) in [6, 6.07) is 3.83. The number of hydrogen-bond donors (Lipinski definition) is 1. The first-order valence-electron chi connectivity index (χ1n) is 5.44. The summed E-state index contributed by atoms with van der Waals surface area (Å²) in [5.74, 6) is 0.490. The van der Waals surface area contributed by atoms with Gasteiger partial charge in [-0.05, 0) is 13.0 Å². The third-order valence-electron chi connectivity index (χ3n) is 2.60. The largest absolute Gasteiger partial charge is 0.497 e. The molecule has 0 amide bonds. The van der Waals surface area contributed by atoms with Crippen LogP contribution in [-0.2, 0) is 9.31 Å². The average molecular weight is 220 g/mol. The highest BCUT2D eigenvalue weighted by Crippen LogP contribution is 2.21. The molecule has 1 aliphatic rings. The maximum absolute atomic E-state index is 5.85. The topological polar surface area (TPSA) is 57.4 Å². The van der Waals surface area contributed by atoms with Gasteiger partial charge in [0.2, 0.25) is 0 Å². The van der Waals surface area contributed by atoms with Crippen molar-refractivity contribution in [3.63, 3.8) is 0 Å². The zero-order chi connectivity index (χ0) is 11.8. The molecule has 4 nitrogen and oxygen atoms in total. The van der Waals surface area contributed by atoms with E-state index in [4.69, 9.17) is 15.0 Å². The zero-order valence-electron chi connectivity index (χ0n) is 9.99. The van der Waals surface area contributed by atoms with Crippen LogP contribution in [0, 0.1) is 12.3 Å². The number of rotatable bonds is 1. The van der Waals surface area contributed by atoms with Crippen molar-refractivity contribution in [1.29, 1.82) is 0 Å². The first-order chi connectivity index (χ1) is 7.48. The molecule has 2 N–H and O–H groups in total. The van der Waals surface area contributed by atoms with E-state index in [2.05, 4.69) is 18.8 Å². The van der Waals surface area contributed by atoms with E-state index >= 15 is 0 Å². The molecule has 0 saturated carbocycles. The van der Waals surface area contributed by atoms with Gasteiger partial charge in [-0.1, -0.05) is 19.9 Å². The molecule has 0 aromatic carbocycles. The SMILES string of the molecule is Cc1ccc(B2OCC(C)(C)CO2)c(N)n1. The van der Waals surface area contributed by atoms with Gasteiger partial charge in [-0.2, -0.15) is 0 Å². The Hall–Kier alpha value is -1.07. The average Bonchev–Trinajstić information content (AvgIpc) is 2.19. The molecule has 1 aliphatic heterocycles. The van der Waals surface area contributed by atoms with Crippen LogP contribution in [0.4, 0.5) is 5.82 Å². The number of pyridine rings is 1. The van der Waals surface area contributed by atoms with Crippen molar-refractivity contribution in [3.8, 4) is 0 Å². The Labute approximate surface area is 96.3 Å². The van der Waals surface area contributed by atoms with E-state index < -0.39 is 0 Å². The van der Waals surface area contributed by atoms with Gasteiger partial charge in [0.15, 0.2) is 0 Å². The molecule has 1 saturated heterocycles. The molecule has 0 atom stereocenters. The van der Waals surface area contributed by atoms with Crippen LogP contribution in [0.1, 0.15) is 19.5 Å². The van der Waals surface area contributed by atoms with Gasteiger partial charge in [0, 0.05) is 29.8 Å². The van der Waals surface area contributed by atoms with E-state index in [0.29, 0.717) is 19.0 Å². The molecule has 1 fully saturated rings. The summed E-state index contributed by atoms with van der Waals surface area (Å²) >= 11 is 0. The second kappa shape index (κ2) is 4.07. The summed E-state index contributed by atoms with van der Waals surface area (Å²) in [7, 11) is -0.374. The molecule has 0 aliphatic carbocycles. The van der Waals surface area contributed by atoms with Crippen LogP contribution in [0.25, 0.3) is 0 Å². The summed E-state index contributed by atoms with van der Waals surface area (Å²) in [6.45, 7) is 7.47. The number of aromatic nitrogens is 1. The molecule has 1 aromatic rings. The van der Waals surface area contributed by atoms with Crippen molar-refractivity contribution >= 4 is 18.4 Å². The Bertz CT molecular complexity index is 386. The number of nitrogens with two attached hydrogens (primary N) is 1. The van der Waals surface area contributed by atoms with Gasteiger partial charge < -0.3 is 15.0 Å². The van der Waals surface area contributed by atoms with Crippen molar-refractivity contribution in [1.82, 2.24) is 4.98 Å². The molecule has 2 heterocycles. The van der Waals surface area contributed by atoms with E-state index in [0.717, 1.165) is 11.2 Å². The smallest absolute Gasteiger partial charge is 0.407 e. The maximum atomic E-state index is 5.85. The lowest BCUT2D eigenvalue weighted by Gasteiger charge is -2.33. The van der Waals surface area contributed by atoms with E-state index in [1.807, 2.05) is 19.1 Å². The van der Waals surface area contributed by atoms with Crippen LogP contribution in [0.15, 0.2) is 12.1 Å². The van der Waals surface area contributed by atoms with Crippen molar-refractivity contribution in [2.75, 3.05) is 18.9 Å². The summed E-state index contributed by atoms with van der Waals surface area (Å²) in [4.78, 5) is 4.20. The minimum Gasteiger partial charge on any atom is -0.407 e. The van der Waals surface area contributed by atoms with Gasteiger partial charge in [0.25, 0.3) is 0 Å². The molecule has 0 spiro atoms. The van der Waals surface area contributed by atoms with E-state index in [1.54, 1.807) is 0 Å². The minimum atomic E-state index is -0.374. The molecule has 16 heavy (non-hydrogen) atoms. The van der Waals surface area contributed by atoms with Gasteiger partial charge in [0.1, 0.15) is 5.82 Å². The highest BCUT2D eigenvalue weighted by molar-refractivity contribution is 6.63. The lowest BCUT2D eigenvalue weighted by molar-refractivity contribution is 0.0343. The van der Waals surface area contributed by atoms with Crippen LogP contribution in [0.2, 0.25) is 0 Å². The molecule has 0 bridgehead atoms. The molecular weight excluding hydrogens is 203 g/mol. The van der Waals surface area contributed by atoms with E-state index in [-0.39, 0.29) is 12.5 Å². The number of nitrogens with zero attached hydrogens (tertiary/aromatic N) is 1. The monoisotopic (exact) mass is 220 g/mol. The van der Waals surface area contributed by atoms with Crippen molar-refractivity contribution in [2.45, 2.75) is 20.8 Å². The van der Waals surface area contributed by atoms with Crippen molar-refractivity contribution in [3.05, 3.63) is 17.8 Å². The molecule has 0 radical (unpaired) electrons. The van der Waals surface area contributed by atoms with Crippen LogP contribution in [-0.4, -0.2) is 25.3 Å². The molecule has 86 valence electrons. The maximum Gasteiger partial charge on any atom is 0.497 e. The fourth-order valence-electron chi connectivity index (χ4n) is 1.66. The van der Waals surface area contributed by atoms with Gasteiger partial charge in [-0.15, -0.1) is 0 Å². The predicted molar refractivity (Wildman–Crippen MR) is 64.5 cm³/mol. The highest BCUT2D eigenvalue weighted by atomic mass is 16.6. The fourth-order valence-corrected chi connectivity index (χ4v) is 1.66. The highest BCUT2D eigenvalue weighted by Gasteiger charge is 2.34. The first kappa shape index (κ1) is 11.4. The van der Waals surface area contributed by atoms with Gasteiger partial charge >= 0.3 is 7.12 Å². The minimum absolute atomic E-state index is 0.0728. The lowest BCUT2D eigenvalue weighted by atomic mass is 9.76. The van der Waals surface area contributed by atoms with Gasteiger partial charge in [-0.3, -0.25) is 0 Å². The second-order valence-electron chi connectivity index (χ2n) is 5.05. The summed E-state index contributed by atoms with van der Waals surface area (Å²) in [6.07, 6.45) is 0. The number of nitrogen functional groups attached to an aromatic ring is 1. The quantitative estimate of drug-likeness (QED) is 0.709. The summed E-state index contributed by atoms with van der Waals surface area (Å²) in [5, 5.41) is 0. The van der Waals surface area contributed by atoms with E-state index in [9.17, 15) is 0 Å². The zero-order valence-corrected chi connectivity index (χ0v) is 9.99. The first-order valence-corrected chi connectivity index (χ1v) is 5.44. The Morgan fingerprint density at radius 1 is 1.31 bits per heavy atom. The molecule has 1 aromatic heterocycles. The molecular formula is C11H17BN2O2. The van der Waals surface area contributed by atoms with Crippen LogP contribution < -0.4 is 11.2 Å². The van der Waals surface area contributed by atoms with Crippen LogP contribution >= 0.6 is 0 Å². The fraction of sp³-hybridized carbons (Fsp3) is 0.545. The number of anilines is 1. The van der Waals surface area contributed by atoms with Gasteiger partial charge in [-0.25, -0.2) is 4.98 Å². The summed E-state index contributed by atoms with van der Waals surface area (Å²) < 4.78 is 11.3. The third-order valence-corrected chi connectivity index (χ3v) is 2.60. The molecule has 5 heteroatoms. The molecule has 2 rings (SSSR count). The van der Waals surface area contributed by atoms with Crippen molar-refractivity contribution in [2.24, 2.45) is 5.41 Å². The Kier molecular flexibility index (Phi) is 2.91. The number of hydrogen-bond acceptors (Lipinski definition) is 4. The number of aryl methyl sites for hydroxylation is 1. The van der Waals surface area contributed by atoms with Gasteiger partial charge in [0.05, 0.1) is 0 Å².